The summed E-state index contributed by atoms with van der Waals surface area (Å²) in [5, 5.41) is 3.15. The van der Waals surface area contributed by atoms with E-state index in [1.54, 1.807) is 7.11 Å². The molecule has 1 saturated carbocycles. The molecule has 26 heavy (non-hydrogen) atoms. The van der Waals surface area contributed by atoms with E-state index in [2.05, 4.69) is 26.1 Å². The fourth-order valence-corrected chi connectivity index (χ4v) is 5.12. The summed E-state index contributed by atoms with van der Waals surface area (Å²) in [6.45, 7) is 7.95. The zero-order valence-electron chi connectivity index (χ0n) is 16.1. The van der Waals surface area contributed by atoms with Crippen LogP contribution in [-0.4, -0.2) is 36.1 Å². The van der Waals surface area contributed by atoms with Crippen LogP contribution in [0.25, 0.3) is 11.0 Å². The third kappa shape index (κ3) is 1.98. The maximum absolute atomic E-state index is 13.4. The van der Waals surface area contributed by atoms with Crippen LogP contribution in [0, 0.1) is 5.41 Å². The van der Waals surface area contributed by atoms with Crippen molar-refractivity contribution in [1.29, 1.82) is 0 Å². The van der Waals surface area contributed by atoms with Gasteiger partial charge >= 0.3 is 0 Å². The van der Waals surface area contributed by atoms with Crippen LogP contribution in [0.4, 0.5) is 0 Å². The van der Waals surface area contributed by atoms with Crippen molar-refractivity contribution < 1.29 is 9.53 Å². The van der Waals surface area contributed by atoms with Gasteiger partial charge in [0.2, 0.25) is 5.91 Å². The molecule has 4 rings (SSSR count). The van der Waals surface area contributed by atoms with E-state index in [0.29, 0.717) is 13.2 Å². The number of amides is 1. The van der Waals surface area contributed by atoms with Crippen molar-refractivity contribution in [3.05, 3.63) is 35.7 Å². The molecular weight excluding hydrogens is 326 g/mol. The topological polar surface area (TPSA) is 64.1 Å². The Kier molecular flexibility index (Phi) is 3.85. The van der Waals surface area contributed by atoms with Crippen LogP contribution in [0.5, 0.6) is 0 Å². The summed E-state index contributed by atoms with van der Waals surface area (Å²) in [6.07, 6.45) is 2.60. The standard InChI is InChI=1S/C21H27N3O2/c1-19(2)20(3)10-11-21(19,18(25)22-12-7-13-26-4)17-16(20)23-14-8-5-6-9-15(14)24-17/h5-6,8-9H,7,10-13H2,1-4H3,(H,22,25). The fraction of sp³-hybridized carbons (Fsp3) is 0.571. The molecule has 138 valence electrons. The smallest absolute Gasteiger partial charge is 0.232 e. The number of para-hydroxylation sites is 2. The minimum absolute atomic E-state index is 0.0886. The molecule has 2 unspecified atom stereocenters. The Labute approximate surface area is 154 Å². The highest BCUT2D eigenvalue weighted by molar-refractivity contribution is 5.92. The number of nitrogens with one attached hydrogen (secondary N) is 1. The molecule has 0 radical (unpaired) electrons. The van der Waals surface area contributed by atoms with E-state index in [4.69, 9.17) is 14.7 Å². The monoisotopic (exact) mass is 353 g/mol. The maximum atomic E-state index is 13.4. The van der Waals surface area contributed by atoms with E-state index in [1.807, 2.05) is 24.3 Å². The molecule has 5 nitrogen and oxygen atoms in total. The van der Waals surface area contributed by atoms with Gasteiger partial charge in [0, 0.05) is 25.7 Å². The SMILES string of the molecule is COCCCNC(=O)C12CCC(C)(c3nc4ccccc4nc31)C2(C)C. The van der Waals surface area contributed by atoms with Gasteiger partial charge in [-0.05, 0) is 36.8 Å². The maximum Gasteiger partial charge on any atom is 0.232 e. The van der Waals surface area contributed by atoms with Crippen LogP contribution in [0.2, 0.25) is 0 Å². The Morgan fingerprint density at radius 2 is 1.77 bits per heavy atom. The van der Waals surface area contributed by atoms with Gasteiger partial charge < -0.3 is 10.1 Å². The highest BCUT2D eigenvalue weighted by atomic mass is 16.5. The number of ether oxygens (including phenoxy) is 1. The van der Waals surface area contributed by atoms with Gasteiger partial charge in [-0.15, -0.1) is 0 Å². The van der Waals surface area contributed by atoms with Gasteiger partial charge in [-0.25, -0.2) is 9.97 Å². The zero-order valence-corrected chi connectivity index (χ0v) is 16.1. The largest absolute Gasteiger partial charge is 0.385 e. The van der Waals surface area contributed by atoms with Crippen molar-refractivity contribution in [2.45, 2.75) is 50.9 Å². The molecule has 2 bridgehead atoms. The Morgan fingerprint density at radius 3 is 2.42 bits per heavy atom. The van der Waals surface area contributed by atoms with Crippen LogP contribution >= 0.6 is 0 Å². The molecule has 0 saturated heterocycles. The van der Waals surface area contributed by atoms with Crippen molar-refractivity contribution in [3.63, 3.8) is 0 Å². The van der Waals surface area contributed by atoms with E-state index < -0.39 is 5.41 Å². The van der Waals surface area contributed by atoms with E-state index in [1.165, 1.54) is 0 Å². The zero-order chi connectivity index (χ0) is 18.6. The molecule has 5 heteroatoms. The van der Waals surface area contributed by atoms with Crippen molar-refractivity contribution in [3.8, 4) is 0 Å². The summed E-state index contributed by atoms with van der Waals surface area (Å²) in [6, 6.07) is 7.94. The van der Waals surface area contributed by atoms with Gasteiger partial charge in [-0.2, -0.15) is 0 Å². The van der Waals surface area contributed by atoms with Crippen molar-refractivity contribution in [2.24, 2.45) is 5.41 Å². The van der Waals surface area contributed by atoms with Gasteiger partial charge in [-0.1, -0.05) is 32.9 Å². The van der Waals surface area contributed by atoms with E-state index in [9.17, 15) is 4.79 Å². The number of benzene rings is 1. The van der Waals surface area contributed by atoms with Crippen LogP contribution in [0.1, 0.15) is 51.4 Å². The number of aromatic nitrogens is 2. The third-order valence-corrected chi connectivity index (χ3v) is 7.14. The molecule has 0 spiro atoms. The quantitative estimate of drug-likeness (QED) is 0.839. The number of hydrogen-bond donors (Lipinski definition) is 1. The van der Waals surface area contributed by atoms with E-state index in [0.717, 1.165) is 41.7 Å². The van der Waals surface area contributed by atoms with Gasteiger partial charge in [0.25, 0.3) is 0 Å². The number of hydrogen-bond acceptors (Lipinski definition) is 4. The minimum Gasteiger partial charge on any atom is -0.385 e. The predicted molar refractivity (Wildman–Crippen MR) is 101 cm³/mol. The van der Waals surface area contributed by atoms with Crippen molar-refractivity contribution in [2.75, 3.05) is 20.3 Å². The van der Waals surface area contributed by atoms with Crippen molar-refractivity contribution in [1.82, 2.24) is 15.3 Å². The second kappa shape index (κ2) is 5.74. The Balaban J connectivity index is 1.82. The lowest BCUT2D eigenvalue weighted by Crippen LogP contribution is -2.51. The van der Waals surface area contributed by atoms with Gasteiger partial charge in [-0.3, -0.25) is 4.79 Å². The summed E-state index contributed by atoms with van der Waals surface area (Å²) in [7, 11) is 1.68. The normalized spacial score (nSPS) is 28.3. The molecule has 1 aromatic carbocycles. The number of carbonyl (C=O) groups excluding carboxylic acids is 1. The fourth-order valence-electron chi connectivity index (χ4n) is 5.12. The first-order valence-corrected chi connectivity index (χ1v) is 9.43. The molecule has 2 aliphatic rings. The van der Waals surface area contributed by atoms with Gasteiger partial charge in [0.15, 0.2) is 0 Å². The summed E-state index contributed by atoms with van der Waals surface area (Å²) in [5.41, 5.74) is 2.70. The van der Waals surface area contributed by atoms with E-state index in [-0.39, 0.29) is 16.7 Å². The molecule has 1 amide bonds. The summed E-state index contributed by atoms with van der Waals surface area (Å²) in [4.78, 5) is 23.4. The Bertz CT molecular complexity index is 879. The second-order valence-electron chi connectivity index (χ2n) is 8.37. The number of nitrogens with zero attached hydrogens (tertiary/aromatic N) is 2. The molecule has 1 fully saturated rings. The molecule has 1 heterocycles. The molecule has 1 N–H and O–H groups in total. The highest BCUT2D eigenvalue weighted by Gasteiger charge is 2.73. The first-order chi connectivity index (χ1) is 12.4. The highest BCUT2D eigenvalue weighted by Crippen LogP contribution is 2.70. The second-order valence-corrected chi connectivity index (χ2v) is 8.37. The molecule has 1 aromatic heterocycles. The Morgan fingerprint density at radius 1 is 1.12 bits per heavy atom. The minimum atomic E-state index is -0.610. The van der Waals surface area contributed by atoms with E-state index >= 15 is 0 Å². The first-order valence-electron chi connectivity index (χ1n) is 9.43. The van der Waals surface area contributed by atoms with Crippen LogP contribution in [-0.2, 0) is 20.4 Å². The van der Waals surface area contributed by atoms with Gasteiger partial charge in [0.1, 0.15) is 0 Å². The number of carbonyl (C=O) groups is 1. The summed E-state index contributed by atoms with van der Waals surface area (Å²) < 4.78 is 5.10. The molecule has 2 aromatic rings. The number of methoxy groups -OCH3 is 1. The summed E-state index contributed by atoms with van der Waals surface area (Å²) in [5.74, 6) is 0.0886. The van der Waals surface area contributed by atoms with Crippen LogP contribution in [0.15, 0.2) is 24.3 Å². The lowest BCUT2D eigenvalue weighted by Gasteiger charge is -2.39. The van der Waals surface area contributed by atoms with Crippen LogP contribution in [0.3, 0.4) is 0 Å². The van der Waals surface area contributed by atoms with Crippen LogP contribution < -0.4 is 5.32 Å². The predicted octanol–water partition coefficient (Wildman–Crippen LogP) is 3.11. The third-order valence-electron chi connectivity index (χ3n) is 7.14. The van der Waals surface area contributed by atoms with Crippen molar-refractivity contribution >= 4 is 16.9 Å². The number of rotatable bonds is 5. The first kappa shape index (κ1) is 17.4. The lowest BCUT2D eigenvalue weighted by molar-refractivity contribution is -0.130. The number of fused-ring (bicyclic) bond motifs is 6. The molecule has 0 aliphatic heterocycles. The average molecular weight is 353 g/mol. The average Bonchev–Trinajstić information content (AvgIpc) is 2.93. The molecule has 2 aliphatic carbocycles. The van der Waals surface area contributed by atoms with Gasteiger partial charge in [0.05, 0.1) is 27.8 Å². The Hall–Kier alpha value is -2.01. The molecule has 2 atom stereocenters. The summed E-state index contributed by atoms with van der Waals surface area (Å²) >= 11 is 0. The lowest BCUT2D eigenvalue weighted by atomic mass is 9.63. The molecular formula is C21H27N3O2.